The molecule has 3 heterocycles. The molecule has 4 N–H and O–H groups in total. The van der Waals surface area contributed by atoms with Crippen LogP contribution < -0.4 is 11.5 Å². The summed E-state index contributed by atoms with van der Waals surface area (Å²) < 4.78 is 0. The third kappa shape index (κ3) is 3.37. The molecular formula is C23H25N5OS. The van der Waals surface area contributed by atoms with E-state index >= 15 is 0 Å². The number of nitrogen functional groups attached to an aromatic ring is 2. The zero-order valence-electron chi connectivity index (χ0n) is 17.2. The van der Waals surface area contributed by atoms with Gasteiger partial charge < -0.3 is 16.4 Å². The van der Waals surface area contributed by atoms with Crippen LogP contribution in [-0.2, 0) is 6.42 Å². The SMILES string of the molecule is CCc1ccc(-c2c(C#N)c(N)nc3sc(C(=O)N4CCCC(C)C4)c(N)c23)cc1. The Labute approximate surface area is 180 Å². The van der Waals surface area contributed by atoms with E-state index in [4.69, 9.17) is 11.5 Å². The lowest BCUT2D eigenvalue weighted by molar-refractivity contribution is 0.0689. The zero-order chi connectivity index (χ0) is 21.4. The minimum Gasteiger partial charge on any atom is -0.397 e. The smallest absolute Gasteiger partial charge is 0.266 e. The van der Waals surface area contributed by atoms with Crippen LogP contribution in [0.4, 0.5) is 11.5 Å². The number of thiophene rings is 1. The third-order valence-electron chi connectivity index (χ3n) is 5.81. The van der Waals surface area contributed by atoms with E-state index in [1.807, 2.05) is 29.2 Å². The second-order valence-corrected chi connectivity index (χ2v) is 8.93. The lowest BCUT2D eigenvalue weighted by atomic mass is 9.96. The van der Waals surface area contributed by atoms with Crippen molar-refractivity contribution in [2.24, 2.45) is 5.92 Å². The van der Waals surface area contributed by atoms with E-state index < -0.39 is 0 Å². The fourth-order valence-electron chi connectivity index (χ4n) is 4.16. The maximum Gasteiger partial charge on any atom is 0.266 e. The van der Waals surface area contributed by atoms with Crippen molar-refractivity contribution in [2.45, 2.75) is 33.1 Å². The Morgan fingerprint density at radius 2 is 2.07 bits per heavy atom. The number of nitrogens with two attached hydrogens (primary N) is 2. The number of anilines is 2. The van der Waals surface area contributed by atoms with Gasteiger partial charge in [0.15, 0.2) is 0 Å². The highest BCUT2D eigenvalue weighted by molar-refractivity contribution is 7.21. The summed E-state index contributed by atoms with van der Waals surface area (Å²) in [5, 5.41) is 10.4. The molecule has 1 aliphatic rings. The Bertz CT molecular complexity index is 1160. The van der Waals surface area contributed by atoms with Gasteiger partial charge in [-0.3, -0.25) is 4.79 Å². The second-order valence-electron chi connectivity index (χ2n) is 7.93. The Kier molecular flexibility index (Phi) is 5.35. The molecule has 0 radical (unpaired) electrons. The van der Waals surface area contributed by atoms with E-state index in [1.165, 1.54) is 16.9 Å². The maximum atomic E-state index is 13.2. The van der Waals surface area contributed by atoms with Gasteiger partial charge in [0.1, 0.15) is 27.2 Å². The van der Waals surface area contributed by atoms with Crippen LogP contribution in [-0.4, -0.2) is 28.9 Å². The summed E-state index contributed by atoms with van der Waals surface area (Å²) in [6, 6.07) is 10.2. The molecule has 6 nitrogen and oxygen atoms in total. The Hall–Kier alpha value is -3.11. The van der Waals surface area contributed by atoms with Crippen molar-refractivity contribution in [3.8, 4) is 17.2 Å². The minimum atomic E-state index is -0.0635. The summed E-state index contributed by atoms with van der Waals surface area (Å²) in [5.74, 6) is 0.572. The Morgan fingerprint density at radius 1 is 1.33 bits per heavy atom. The standard InChI is InChI=1S/C23H25N5OS/c1-3-14-6-8-15(9-7-14)17-16(11-24)21(26)27-22-18(17)19(25)20(30-22)23(29)28-10-4-5-13(2)12-28/h6-9,13H,3-5,10,12,25H2,1-2H3,(H2,26,27). The first kappa shape index (κ1) is 20.2. The quantitative estimate of drug-likeness (QED) is 0.652. The fourth-order valence-corrected chi connectivity index (χ4v) is 5.24. The first-order valence-corrected chi connectivity index (χ1v) is 11.1. The zero-order valence-corrected chi connectivity index (χ0v) is 18.1. The molecule has 4 rings (SSSR count). The van der Waals surface area contributed by atoms with Gasteiger partial charge in [-0.1, -0.05) is 38.1 Å². The highest BCUT2D eigenvalue weighted by atomic mass is 32.1. The number of aryl methyl sites for hydroxylation is 1. The average Bonchev–Trinajstić information content (AvgIpc) is 3.08. The predicted molar refractivity (Wildman–Crippen MR) is 122 cm³/mol. The molecule has 0 aliphatic carbocycles. The highest BCUT2D eigenvalue weighted by Gasteiger charge is 2.28. The minimum absolute atomic E-state index is 0.0635. The van der Waals surface area contributed by atoms with Crippen LogP contribution in [0, 0.1) is 17.2 Å². The van der Waals surface area contributed by atoms with Gasteiger partial charge >= 0.3 is 0 Å². The van der Waals surface area contributed by atoms with Crippen LogP contribution in [0.2, 0.25) is 0 Å². The van der Waals surface area contributed by atoms with E-state index in [0.29, 0.717) is 37.8 Å². The molecular weight excluding hydrogens is 394 g/mol. The number of benzene rings is 1. The number of likely N-dealkylation sites (tertiary alicyclic amines) is 1. The molecule has 1 aliphatic heterocycles. The number of piperidine rings is 1. The van der Waals surface area contributed by atoms with Gasteiger partial charge in [-0.2, -0.15) is 5.26 Å². The second kappa shape index (κ2) is 7.96. The summed E-state index contributed by atoms with van der Waals surface area (Å²) >= 11 is 1.26. The van der Waals surface area contributed by atoms with Crippen molar-refractivity contribution < 1.29 is 4.79 Å². The van der Waals surface area contributed by atoms with Gasteiger partial charge in [0.25, 0.3) is 5.91 Å². The number of carbonyl (C=O) groups is 1. The summed E-state index contributed by atoms with van der Waals surface area (Å²) in [5.41, 5.74) is 16.0. The van der Waals surface area contributed by atoms with Crippen LogP contribution in [0.15, 0.2) is 24.3 Å². The van der Waals surface area contributed by atoms with Crippen molar-refractivity contribution in [2.75, 3.05) is 24.6 Å². The number of rotatable bonds is 3. The van der Waals surface area contributed by atoms with Gasteiger partial charge in [0, 0.05) is 24.0 Å². The van der Waals surface area contributed by atoms with Gasteiger partial charge in [0.2, 0.25) is 0 Å². The lowest BCUT2D eigenvalue weighted by Crippen LogP contribution is -2.39. The van der Waals surface area contributed by atoms with Crippen molar-refractivity contribution in [1.82, 2.24) is 9.88 Å². The maximum absolute atomic E-state index is 13.2. The molecule has 3 aromatic rings. The number of amides is 1. The molecule has 1 amide bonds. The van der Waals surface area contributed by atoms with Crippen molar-refractivity contribution in [1.29, 1.82) is 5.26 Å². The van der Waals surface area contributed by atoms with Crippen molar-refractivity contribution in [3.05, 3.63) is 40.3 Å². The average molecular weight is 420 g/mol. The molecule has 7 heteroatoms. The molecule has 1 saturated heterocycles. The van der Waals surface area contributed by atoms with Crippen LogP contribution in [0.1, 0.15) is 47.5 Å². The van der Waals surface area contributed by atoms with Crippen molar-refractivity contribution in [3.63, 3.8) is 0 Å². The van der Waals surface area contributed by atoms with Crippen LogP contribution in [0.5, 0.6) is 0 Å². The molecule has 1 aromatic carbocycles. The molecule has 1 atom stereocenters. The molecule has 0 spiro atoms. The number of pyridine rings is 1. The largest absolute Gasteiger partial charge is 0.397 e. The number of nitriles is 1. The predicted octanol–water partition coefficient (Wildman–Crippen LogP) is 4.43. The van der Waals surface area contributed by atoms with Gasteiger partial charge in [0.05, 0.1) is 5.69 Å². The number of aromatic nitrogens is 1. The molecule has 0 bridgehead atoms. The molecule has 154 valence electrons. The molecule has 2 aromatic heterocycles. The third-order valence-corrected chi connectivity index (χ3v) is 6.89. The van der Waals surface area contributed by atoms with Crippen LogP contribution >= 0.6 is 11.3 Å². The van der Waals surface area contributed by atoms with E-state index in [0.717, 1.165) is 37.9 Å². The van der Waals surface area contributed by atoms with Crippen molar-refractivity contribution >= 4 is 39.0 Å². The van der Waals surface area contributed by atoms with Crippen LogP contribution in [0.25, 0.3) is 21.3 Å². The summed E-state index contributed by atoms with van der Waals surface area (Å²) in [4.78, 5) is 20.6. The summed E-state index contributed by atoms with van der Waals surface area (Å²) in [6.07, 6.45) is 3.05. The van der Waals surface area contributed by atoms with E-state index in [2.05, 4.69) is 24.9 Å². The summed E-state index contributed by atoms with van der Waals surface area (Å²) in [7, 11) is 0. The number of fused-ring (bicyclic) bond motifs is 1. The fraction of sp³-hybridized carbons (Fsp3) is 0.348. The van der Waals surface area contributed by atoms with Gasteiger partial charge in [-0.05, 0) is 36.3 Å². The van der Waals surface area contributed by atoms with E-state index in [-0.39, 0.29) is 11.7 Å². The highest BCUT2D eigenvalue weighted by Crippen LogP contribution is 2.43. The van der Waals surface area contributed by atoms with E-state index in [9.17, 15) is 10.1 Å². The normalized spacial score (nSPS) is 16.6. The van der Waals surface area contributed by atoms with Crippen LogP contribution in [0.3, 0.4) is 0 Å². The molecule has 1 unspecified atom stereocenters. The lowest BCUT2D eigenvalue weighted by Gasteiger charge is -2.30. The summed E-state index contributed by atoms with van der Waals surface area (Å²) in [6.45, 7) is 5.72. The molecule has 1 fully saturated rings. The van der Waals surface area contributed by atoms with Gasteiger partial charge in [-0.15, -0.1) is 11.3 Å². The molecule has 30 heavy (non-hydrogen) atoms. The Morgan fingerprint density at radius 3 is 2.70 bits per heavy atom. The first-order valence-electron chi connectivity index (χ1n) is 10.2. The number of nitrogens with zero attached hydrogens (tertiary/aromatic N) is 3. The number of hydrogen-bond donors (Lipinski definition) is 2. The van der Waals surface area contributed by atoms with Gasteiger partial charge in [-0.25, -0.2) is 4.98 Å². The number of carbonyl (C=O) groups excluding carboxylic acids is 1. The molecule has 0 saturated carbocycles. The topological polar surface area (TPSA) is 109 Å². The Balaban J connectivity index is 1.90. The first-order chi connectivity index (χ1) is 14.4. The van der Waals surface area contributed by atoms with E-state index in [1.54, 1.807) is 0 Å². The monoisotopic (exact) mass is 419 g/mol. The number of hydrogen-bond acceptors (Lipinski definition) is 6.